The topological polar surface area (TPSA) is 125 Å². The molecular weight excluding hydrogens is 444 g/mol. The Labute approximate surface area is 202 Å². The van der Waals surface area contributed by atoms with Crippen molar-refractivity contribution >= 4 is 11.9 Å². The van der Waals surface area contributed by atoms with E-state index in [1.165, 1.54) is 11.1 Å². The number of rotatable bonds is 8. The van der Waals surface area contributed by atoms with Gasteiger partial charge in [0.15, 0.2) is 11.4 Å². The lowest BCUT2D eigenvalue weighted by atomic mass is 9.99. The van der Waals surface area contributed by atoms with Crippen LogP contribution in [-0.4, -0.2) is 43.6 Å². The van der Waals surface area contributed by atoms with E-state index in [0.717, 1.165) is 23.1 Å². The first-order valence-corrected chi connectivity index (χ1v) is 11.0. The van der Waals surface area contributed by atoms with Gasteiger partial charge in [0.1, 0.15) is 12.4 Å². The van der Waals surface area contributed by atoms with Crippen LogP contribution >= 0.6 is 0 Å². The minimum absolute atomic E-state index is 0.239. The Kier molecular flexibility index (Phi) is 7.11. The summed E-state index contributed by atoms with van der Waals surface area (Å²) in [5, 5.41) is 21.1. The van der Waals surface area contributed by atoms with Crippen LogP contribution in [-0.2, 0) is 17.6 Å². The maximum atomic E-state index is 12.2. The second-order valence-corrected chi connectivity index (χ2v) is 8.11. The van der Waals surface area contributed by atoms with Crippen LogP contribution in [0.3, 0.4) is 0 Å². The van der Waals surface area contributed by atoms with Crippen molar-refractivity contribution in [3.63, 3.8) is 0 Å². The molecule has 2 aromatic heterocycles. The average molecular weight is 469 g/mol. The third-order valence-electron chi connectivity index (χ3n) is 5.45. The Hall–Kier alpha value is -4.59. The fraction of sp³-hybridized carbons (Fsp3) is 0.148. The zero-order valence-corrected chi connectivity index (χ0v) is 19.1. The zero-order valence-electron chi connectivity index (χ0n) is 19.1. The van der Waals surface area contributed by atoms with Gasteiger partial charge in [-0.25, -0.2) is 9.97 Å². The van der Waals surface area contributed by atoms with E-state index in [2.05, 4.69) is 50.6 Å². The number of carbonyl (C=O) groups excluding carboxylic acids is 1. The van der Waals surface area contributed by atoms with Gasteiger partial charge >= 0.3 is 5.97 Å². The van der Waals surface area contributed by atoms with E-state index in [1.807, 2.05) is 36.5 Å². The van der Waals surface area contributed by atoms with Gasteiger partial charge in [-0.3, -0.25) is 14.6 Å². The summed E-state index contributed by atoms with van der Waals surface area (Å²) < 4.78 is 0. The van der Waals surface area contributed by atoms with Gasteiger partial charge in [0.25, 0.3) is 5.91 Å². The van der Waals surface area contributed by atoms with E-state index in [4.69, 9.17) is 5.11 Å². The molecule has 0 fully saturated rings. The van der Waals surface area contributed by atoms with Crippen molar-refractivity contribution in [2.24, 2.45) is 0 Å². The van der Waals surface area contributed by atoms with Gasteiger partial charge in [-0.1, -0.05) is 54.6 Å². The molecule has 2 aromatic carbocycles. The lowest BCUT2D eigenvalue weighted by Gasteiger charge is -2.10. The fourth-order valence-corrected chi connectivity index (χ4v) is 3.65. The number of carboxylic acid groups (broad SMARTS) is 1. The predicted octanol–water partition coefficient (Wildman–Crippen LogP) is 3.55. The number of carboxylic acids is 1. The highest BCUT2D eigenvalue weighted by Gasteiger charge is 2.18. The van der Waals surface area contributed by atoms with E-state index < -0.39 is 18.4 Å². The molecule has 8 heteroatoms. The Morgan fingerprint density at radius 2 is 1.49 bits per heavy atom. The number of carbonyl (C=O) groups is 2. The number of nitrogens with one attached hydrogen (secondary N) is 1. The Morgan fingerprint density at radius 1 is 0.857 bits per heavy atom. The summed E-state index contributed by atoms with van der Waals surface area (Å²) in [4.78, 5) is 35.5. The summed E-state index contributed by atoms with van der Waals surface area (Å²) >= 11 is 0. The molecule has 0 saturated heterocycles. The molecule has 0 aliphatic carbocycles. The highest BCUT2D eigenvalue weighted by atomic mass is 16.4. The smallest absolute Gasteiger partial charge is 0.322 e. The second kappa shape index (κ2) is 10.6. The highest BCUT2D eigenvalue weighted by Crippen LogP contribution is 2.23. The molecule has 3 N–H and O–H groups in total. The van der Waals surface area contributed by atoms with E-state index in [0.29, 0.717) is 12.2 Å². The molecule has 0 atom stereocenters. The van der Waals surface area contributed by atoms with E-state index in [9.17, 15) is 14.7 Å². The minimum Gasteiger partial charge on any atom is -0.504 e. The number of aromatic nitrogens is 3. The van der Waals surface area contributed by atoms with Crippen molar-refractivity contribution in [1.29, 1.82) is 0 Å². The van der Waals surface area contributed by atoms with Crippen LogP contribution in [0.5, 0.6) is 5.75 Å². The number of benzene rings is 2. The normalized spacial score (nSPS) is 10.7. The standard InChI is InChI=1S/C27H24N4O4/c1-17-26(34)25(27(35)29-16-24(32)33)31-23(30-17)14-19-6-10-22(11-7-19)21-8-4-18(5-9-21)13-20-3-2-12-28-15-20/h2-12,15,34H,13-14,16H2,1H3,(H,29,35)(H,32,33). The SMILES string of the molecule is Cc1nc(Cc2ccc(-c3ccc(Cc4cccnc4)cc3)cc2)nc(C(=O)NCC(=O)O)c1O. The number of aromatic hydroxyl groups is 1. The van der Waals surface area contributed by atoms with Gasteiger partial charge in [-0.2, -0.15) is 0 Å². The first kappa shape index (κ1) is 23.6. The van der Waals surface area contributed by atoms with Crippen molar-refractivity contribution in [3.8, 4) is 16.9 Å². The molecule has 176 valence electrons. The van der Waals surface area contributed by atoms with Gasteiger partial charge in [-0.15, -0.1) is 0 Å². The van der Waals surface area contributed by atoms with E-state index in [-0.39, 0.29) is 17.1 Å². The molecule has 4 rings (SSSR count). The van der Waals surface area contributed by atoms with Gasteiger partial charge < -0.3 is 15.5 Å². The molecule has 0 radical (unpaired) electrons. The van der Waals surface area contributed by atoms with Gasteiger partial charge in [0.05, 0.1) is 5.69 Å². The van der Waals surface area contributed by atoms with Crippen molar-refractivity contribution in [1.82, 2.24) is 20.3 Å². The molecule has 0 unspecified atom stereocenters. The van der Waals surface area contributed by atoms with Crippen molar-refractivity contribution in [2.45, 2.75) is 19.8 Å². The fourth-order valence-electron chi connectivity index (χ4n) is 3.65. The number of amides is 1. The summed E-state index contributed by atoms with van der Waals surface area (Å²) in [5.74, 6) is -1.96. The van der Waals surface area contributed by atoms with E-state index >= 15 is 0 Å². The molecule has 0 saturated carbocycles. The maximum absolute atomic E-state index is 12.2. The van der Waals surface area contributed by atoms with Crippen LogP contribution in [0, 0.1) is 6.92 Å². The predicted molar refractivity (Wildman–Crippen MR) is 130 cm³/mol. The number of pyridine rings is 1. The third kappa shape index (κ3) is 6.05. The third-order valence-corrected chi connectivity index (χ3v) is 5.45. The number of aryl methyl sites for hydroxylation is 1. The summed E-state index contributed by atoms with van der Waals surface area (Å²) in [6, 6.07) is 20.4. The summed E-state index contributed by atoms with van der Waals surface area (Å²) in [5.41, 5.74) is 5.48. The molecule has 1 amide bonds. The summed E-state index contributed by atoms with van der Waals surface area (Å²) in [6.07, 6.45) is 4.82. The monoisotopic (exact) mass is 468 g/mol. The molecule has 35 heavy (non-hydrogen) atoms. The van der Waals surface area contributed by atoms with Gasteiger partial charge in [0, 0.05) is 18.8 Å². The quantitative estimate of drug-likeness (QED) is 0.361. The minimum atomic E-state index is -1.19. The van der Waals surface area contributed by atoms with Crippen molar-refractivity contribution in [2.75, 3.05) is 6.54 Å². The lowest BCUT2D eigenvalue weighted by Crippen LogP contribution is -2.30. The molecular formula is C27H24N4O4. The maximum Gasteiger partial charge on any atom is 0.322 e. The summed E-state index contributed by atoms with van der Waals surface area (Å²) in [7, 11) is 0. The second-order valence-electron chi connectivity index (χ2n) is 8.11. The van der Waals surface area contributed by atoms with Crippen LogP contribution in [0.4, 0.5) is 0 Å². The molecule has 0 spiro atoms. The summed E-state index contributed by atoms with van der Waals surface area (Å²) in [6.45, 7) is 0.998. The molecule has 4 aromatic rings. The van der Waals surface area contributed by atoms with Crippen LogP contribution in [0.2, 0.25) is 0 Å². The van der Waals surface area contributed by atoms with Crippen LogP contribution in [0.15, 0.2) is 73.1 Å². The van der Waals surface area contributed by atoms with Crippen LogP contribution in [0.1, 0.15) is 38.7 Å². The average Bonchev–Trinajstić information content (AvgIpc) is 2.86. The number of hydrogen-bond donors (Lipinski definition) is 3. The highest BCUT2D eigenvalue weighted by molar-refractivity contribution is 5.96. The molecule has 0 bridgehead atoms. The van der Waals surface area contributed by atoms with Gasteiger partial charge in [0.2, 0.25) is 0 Å². The van der Waals surface area contributed by atoms with E-state index in [1.54, 1.807) is 13.1 Å². The lowest BCUT2D eigenvalue weighted by molar-refractivity contribution is -0.135. The Balaban J connectivity index is 1.45. The number of hydrogen-bond acceptors (Lipinski definition) is 6. The number of aliphatic carboxylic acids is 1. The Bertz CT molecular complexity index is 1340. The van der Waals surface area contributed by atoms with Gasteiger partial charge in [-0.05, 0) is 47.2 Å². The molecule has 2 heterocycles. The molecule has 0 aliphatic rings. The van der Waals surface area contributed by atoms with Crippen LogP contribution < -0.4 is 5.32 Å². The number of nitrogens with zero attached hydrogens (tertiary/aromatic N) is 3. The molecule has 0 aliphatic heterocycles. The zero-order chi connectivity index (χ0) is 24.8. The first-order valence-electron chi connectivity index (χ1n) is 11.0. The van der Waals surface area contributed by atoms with Crippen LogP contribution in [0.25, 0.3) is 11.1 Å². The first-order chi connectivity index (χ1) is 16.9. The van der Waals surface area contributed by atoms with Crippen molar-refractivity contribution < 1.29 is 19.8 Å². The molecule has 8 nitrogen and oxygen atoms in total. The largest absolute Gasteiger partial charge is 0.504 e. The van der Waals surface area contributed by atoms with Crippen molar-refractivity contribution in [3.05, 3.63) is 107 Å². The Morgan fingerprint density at radius 3 is 2.06 bits per heavy atom.